The van der Waals surface area contributed by atoms with Crippen LogP contribution in [0.4, 0.5) is 15.9 Å². The van der Waals surface area contributed by atoms with Gasteiger partial charge >= 0.3 is 5.97 Å². The zero-order valence-corrected chi connectivity index (χ0v) is 23.8. The average molecular weight is 584 g/mol. The molecule has 2 fully saturated rings. The molecular formula is C31H30FN7O4. The van der Waals surface area contributed by atoms with Crippen molar-refractivity contribution >= 4 is 28.4 Å². The highest BCUT2D eigenvalue weighted by atomic mass is 19.1. The van der Waals surface area contributed by atoms with Gasteiger partial charge in [0.15, 0.2) is 5.82 Å². The molecule has 2 aliphatic heterocycles. The van der Waals surface area contributed by atoms with Crippen LogP contribution in [-0.4, -0.2) is 82.9 Å². The summed E-state index contributed by atoms with van der Waals surface area (Å²) in [5.41, 5.74) is 0.749. The highest BCUT2D eigenvalue weighted by Gasteiger charge is 2.30. The van der Waals surface area contributed by atoms with E-state index in [0.29, 0.717) is 29.5 Å². The third-order valence-electron chi connectivity index (χ3n) is 8.22. The summed E-state index contributed by atoms with van der Waals surface area (Å²) in [4.78, 5) is 40.3. The highest BCUT2D eigenvalue weighted by Crippen LogP contribution is 2.33. The summed E-state index contributed by atoms with van der Waals surface area (Å²) in [7, 11) is 4.09. The monoisotopic (exact) mass is 583 g/mol. The molecule has 2 aliphatic rings. The van der Waals surface area contributed by atoms with Crippen molar-refractivity contribution in [2.45, 2.75) is 24.9 Å². The summed E-state index contributed by atoms with van der Waals surface area (Å²) in [6, 6.07) is 12.1. The number of benzene rings is 1. The zero-order valence-electron chi connectivity index (χ0n) is 23.8. The number of fused-ring (bicyclic) bond motifs is 1. The Morgan fingerprint density at radius 3 is 2.72 bits per heavy atom. The van der Waals surface area contributed by atoms with Crippen molar-refractivity contribution < 1.29 is 19.0 Å². The number of ether oxygens (including phenoxy) is 1. The van der Waals surface area contributed by atoms with Crippen LogP contribution in [0.25, 0.3) is 16.6 Å². The number of halogens is 1. The highest BCUT2D eigenvalue weighted by molar-refractivity contribution is 5.95. The fraction of sp³-hybridized carbons (Fsp3) is 0.323. The maximum Gasteiger partial charge on any atom is 0.341 e. The van der Waals surface area contributed by atoms with Crippen LogP contribution in [0.1, 0.15) is 28.8 Å². The molecular weight excluding hydrogens is 553 g/mol. The molecule has 1 N–H and O–H groups in total. The molecule has 0 amide bonds. The molecule has 4 aromatic rings. The number of nitrogens with zero attached hydrogens (tertiary/aromatic N) is 7. The predicted molar refractivity (Wildman–Crippen MR) is 159 cm³/mol. The van der Waals surface area contributed by atoms with Crippen LogP contribution in [0.15, 0.2) is 59.8 Å². The van der Waals surface area contributed by atoms with Crippen LogP contribution in [-0.2, 0) is 0 Å². The second-order valence-electron chi connectivity index (χ2n) is 11.0. The Kier molecular flexibility index (Phi) is 7.41. The SMILES string of the molecule is CN(C)C1CN(c2ccc(-n3cc(C(=O)O)c(=O)c4cc(C#N)c(N5CCC[C@@H]5COc5ncccc5F)cc43)cn2)C1. The van der Waals surface area contributed by atoms with Crippen molar-refractivity contribution in [1.29, 1.82) is 5.26 Å². The van der Waals surface area contributed by atoms with Gasteiger partial charge < -0.3 is 29.1 Å². The lowest BCUT2D eigenvalue weighted by Crippen LogP contribution is -2.57. The Hall–Kier alpha value is -5.02. The van der Waals surface area contributed by atoms with E-state index in [0.717, 1.165) is 31.7 Å². The predicted octanol–water partition coefficient (Wildman–Crippen LogP) is 3.29. The topological polar surface area (TPSA) is 128 Å². The summed E-state index contributed by atoms with van der Waals surface area (Å²) in [6.07, 6.45) is 5.99. The number of anilines is 2. The molecule has 0 spiro atoms. The van der Waals surface area contributed by atoms with Crippen molar-refractivity contribution in [2.75, 3.05) is 50.1 Å². The molecule has 0 saturated carbocycles. The van der Waals surface area contributed by atoms with Gasteiger partial charge in [0.1, 0.15) is 24.1 Å². The number of likely N-dealkylation sites (N-methyl/N-ethyl adjacent to an activating group) is 1. The van der Waals surface area contributed by atoms with Gasteiger partial charge in [-0.3, -0.25) is 4.79 Å². The minimum atomic E-state index is -1.36. The van der Waals surface area contributed by atoms with Gasteiger partial charge in [0.2, 0.25) is 11.3 Å². The van der Waals surface area contributed by atoms with Crippen molar-refractivity contribution in [3.05, 3.63) is 82.2 Å². The first-order valence-electron chi connectivity index (χ1n) is 14.0. The van der Waals surface area contributed by atoms with E-state index in [2.05, 4.69) is 25.8 Å². The standard InChI is InChI=1S/C31H30FN7O4/c1-36(2)22-15-37(16-22)28-8-7-20(14-35-28)39-17-24(31(41)42)29(40)23-11-19(13-33)26(12-27(23)39)38-10-4-5-21(38)18-43-30-25(32)6-3-9-34-30/h3,6-9,11-12,14,17,21-22H,4-5,10,15-16,18H2,1-2H3,(H,41,42)/t21-/m1/s1. The van der Waals surface area contributed by atoms with Gasteiger partial charge in [-0.2, -0.15) is 5.26 Å². The summed E-state index contributed by atoms with van der Waals surface area (Å²) in [6.45, 7) is 2.49. The minimum Gasteiger partial charge on any atom is -0.477 e. The molecule has 11 nitrogen and oxygen atoms in total. The first-order chi connectivity index (χ1) is 20.7. The average Bonchev–Trinajstić information content (AvgIpc) is 3.44. The van der Waals surface area contributed by atoms with E-state index in [-0.39, 0.29) is 29.5 Å². The Labute approximate surface area is 247 Å². The summed E-state index contributed by atoms with van der Waals surface area (Å²) >= 11 is 0. The lowest BCUT2D eigenvalue weighted by Gasteiger charge is -2.43. The third kappa shape index (κ3) is 5.23. The van der Waals surface area contributed by atoms with Crippen LogP contribution >= 0.6 is 0 Å². The van der Waals surface area contributed by atoms with Gasteiger partial charge in [0.05, 0.1) is 34.7 Å². The maximum absolute atomic E-state index is 14.1. The molecule has 5 heterocycles. The molecule has 6 rings (SSSR count). The Morgan fingerprint density at radius 2 is 2.05 bits per heavy atom. The number of nitriles is 1. The Balaban J connectivity index is 1.39. The van der Waals surface area contributed by atoms with Gasteiger partial charge in [-0.1, -0.05) is 0 Å². The molecule has 3 aromatic heterocycles. The van der Waals surface area contributed by atoms with Crippen molar-refractivity contribution in [3.8, 4) is 17.6 Å². The van der Waals surface area contributed by atoms with E-state index in [4.69, 9.17) is 4.74 Å². The molecule has 220 valence electrons. The van der Waals surface area contributed by atoms with E-state index in [1.54, 1.807) is 16.8 Å². The van der Waals surface area contributed by atoms with Crippen LogP contribution in [0.2, 0.25) is 0 Å². The normalized spacial score (nSPS) is 16.9. The molecule has 1 atom stereocenters. The fourth-order valence-electron chi connectivity index (χ4n) is 5.71. The van der Waals surface area contributed by atoms with Crippen molar-refractivity contribution in [2.24, 2.45) is 0 Å². The number of hydrogen-bond acceptors (Lipinski definition) is 9. The molecule has 1 aromatic carbocycles. The number of carboxylic acid groups (broad SMARTS) is 1. The number of carboxylic acids is 1. The van der Waals surface area contributed by atoms with Gasteiger partial charge in [0.25, 0.3) is 0 Å². The van der Waals surface area contributed by atoms with E-state index < -0.39 is 22.8 Å². The van der Waals surface area contributed by atoms with E-state index in [1.807, 2.05) is 31.1 Å². The second-order valence-corrected chi connectivity index (χ2v) is 11.0. The van der Waals surface area contributed by atoms with Crippen molar-refractivity contribution in [3.63, 3.8) is 0 Å². The molecule has 0 aliphatic carbocycles. The third-order valence-corrected chi connectivity index (χ3v) is 8.22. The van der Waals surface area contributed by atoms with Gasteiger partial charge in [-0.25, -0.2) is 19.2 Å². The smallest absolute Gasteiger partial charge is 0.341 e. The summed E-state index contributed by atoms with van der Waals surface area (Å²) in [5.74, 6) is -1.20. The number of rotatable bonds is 8. The zero-order chi connectivity index (χ0) is 30.2. The lowest BCUT2D eigenvalue weighted by atomic mass is 10.0. The second kappa shape index (κ2) is 11.3. The van der Waals surface area contributed by atoms with E-state index in [1.165, 1.54) is 30.6 Å². The first kappa shape index (κ1) is 28.1. The lowest BCUT2D eigenvalue weighted by molar-refractivity contribution is 0.0695. The molecule has 0 radical (unpaired) electrons. The number of pyridine rings is 3. The molecule has 2 saturated heterocycles. The largest absolute Gasteiger partial charge is 0.477 e. The fourth-order valence-corrected chi connectivity index (χ4v) is 5.71. The number of carbonyl (C=O) groups is 1. The maximum atomic E-state index is 14.1. The van der Waals surface area contributed by atoms with Gasteiger partial charge in [0, 0.05) is 43.5 Å². The van der Waals surface area contributed by atoms with E-state index >= 15 is 0 Å². The number of aromatic nitrogens is 3. The van der Waals surface area contributed by atoms with Crippen LogP contribution in [0, 0.1) is 17.1 Å². The Bertz CT molecular complexity index is 1800. The van der Waals surface area contributed by atoms with Gasteiger partial charge in [-0.15, -0.1) is 0 Å². The summed E-state index contributed by atoms with van der Waals surface area (Å²) < 4.78 is 21.5. The molecule has 12 heteroatoms. The first-order valence-corrected chi connectivity index (χ1v) is 14.0. The Morgan fingerprint density at radius 1 is 1.23 bits per heavy atom. The summed E-state index contributed by atoms with van der Waals surface area (Å²) in [5, 5.41) is 20.0. The quantitative estimate of drug-likeness (QED) is 0.330. The van der Waals surface area contributed by atoms with Gasteiger partial charge in [-0.05, 0) is 63.3 Å². The van der Waals surface area contributed by atoms with E-state index in [9.17, 15) is 24.3 Å². The molecule has 0 bridgehead atoms. The molecule has 0 unspecified atom stereocenters. The van der Waals surface area contributed by atoms with Crippen molar-refractivity contribution in [1.82, 2.24) is 19.4 Å². The number of hydrogen-bond donors (Lipinski definition) is 1. The minimum absolute atomic E-state index is 0.0881. The number of aromatic carboxylic acids is 1. The van der Waals surface area contributed by atoms with Crippen LogP contribution < -0.4 is 20.0 Å². The molecule has 43 heavy (non-hydrogen) atoms. The van der Waals surface area contributed by atoms with Crippen LogP contribution in [0.3, 0.4) is 0 Å². The van der Waals surface area contributed by atoms with Crippen LogP contribution in [0.5, 0.6) is 5.88 Å².